The van der Waals surface area contributed by atoms with Crippen LogP contribution in [0.3, 0.4) is 0 Å². The van der Waals surface area contributed by atoms with Crippen molar-refractivity contribution in [3.63, 3.8) is 0 Å². The Kier molecular flexibility index (Phi) is 5.09. The van der Waals surface area contributed by atoms with Crippen molar-refractivity contribution in [2.75, 3.05) is 21.3 Å². The third kappa shape index (κ3) is 3.48. The second-order valence-corrected chi connectivity index (χ2v) is 7.58. The summed E-state index contributed by atoms with van der Waals surface area (Å²) in [5, 5.41) is 3.90. The minimum Gasteiger partial charge on any atom is -0.493 e. The lowest BCUT2D eigenvalue weighted by atomic mass is 10.1. The summed E-state index contributed by atoms with van der Waals surface area (Å²) in [5.41, 5.74) is 1.45. The molecule has 0 atom stereocenters. The number of amides is 1. The van der Waals surface area contributed by atoms with Crippen molar-refractivity contribution >= 4 is 21.8 Å². The number of ether oxygens (including phenoxy) is 3. The van der Waals surface area contributed by atoms with Crippen LogP contribution in [0.1, 0.15) is 21.5 Å². The van der Waals surface area contributed by atoms with E-state index in [1.807, 2.05) is 0 Å². The molecule has 0 spiro atoms. The molecule has 1 aliphatic rings. The van der Waals surface area contributed by atoms with Crippen molar-refractivity contribution in [3.05, 3.63) is 52.4 Å². The lowest BCUT2D eigenvalue weighted by Crippen LogP contribution is -2.23. The summed E-state index contributed by atoms with van der Waals surface area (Å²) in [7, 11) is 1.08. The van der Waals surface area contributed by atoms with E-state index in [1.165, 1.54) is 33.5 Å². The van der Waals surface area contributed by atoms with E-state index in [1.54, 1.807) is 24.3 Å². The number of fused-ring (bicyclic) bond motifs is 1. The molecule has 2 aromatic rings. The molecule has 0 saturated heterocycles. The van der Waals surface area contributed by atoms with Gasteiger partial charge in [-0.15, -0.1) is 0 Å². The summed E-state index contributed by atoms with van der Waals surface area (Å²) < 4.78 is 39.8. The van der Waals surface area contributed by atoms with Crippen molar-refractivity contribution in [1.82, 2.24) is 5.32 Å². The van der Waals surface area contributed by atoms with Crippen molar-refractivity contribution in [1.29, 1.82) is 0 Å². The van der Waals surface area contributed by atoms with Crippen molar-refractivity contribution in [3.8, 4) is 17.2 Å². The Morgan fingerprint density at radius 1 is 1.04 bits per heavy atom. The third-order valence-electron chi connectivity index (χ3n) is 4.21. The number of sulfone groups is 1. The highest BCUT2D eigenvalue weighted by atomic mass is 32.2. The summed E-state index contributed by atoms with van der Waals surface area (Å²) in [6.07, 6.45) is 1.44. The molecule has 1 aliphatic heterocycles. The highest BCUT2D eigenvalue weighted by molar-refractivity contribution is 7.94. The van der Waals surface area contributed by atoms with Crippen LogP contribution in [-0.2, 0) is 16.4 Å². The van der Waals surface area contributed by atoms with Crippen molar-refractivity contribution in [2.24, 2.45) is 0 Å². The fraction of sp³-hybridized carbons (Fsp3) is 0.211. The quantitative estimate of drug-likeness (QED) is 0.816. The van der Waals surface area contributed by atoms with Gasteiger partial charge in [0.25, 0.3) is 5.91 Å². The molecule has 0 aliphatic carbocycles. The van der Waals surface area contributed by atoms with Gasteiger partial charge in [-0.2, -0.15) is 0 Å². The van der Waals surface area contributed by atoms with E-state index in [0.29, 0.717) is 28.4 Å². The molecule has 2 aromatic carbocycles. The molecule has 27 heavy (non-hydrogen) atoms. The molecule has 8 heteroatoms. The van der Waals surface area contributed by atoms with Gasteiger partial charge in [0, 0.05) is 23.1 Å². The molecule has 142 valence electrons. The Balaban J connectivity index is 1.84. The van der Waals surface area contributed by atoms with E-state index >= 15 is 0 Å². The smallest absolute Gasteiger partial charge is 0.252 e. The van der Waals surface area contributed by atoms with E-state index in [2.05, 4.69) is 5.32 Å². The number of benzene rings is 2. The molecule has 3 rings (SSSR count). The molecule has 0 radical (unpaired) electrons. The summed E-state index contributed by atoms with van der Waals surface area (Å²) in [5.74, 6) is 1.06. The standard InChI is InChI=1S/C19H19NO6S/c1-24-15-9-12(10-16(25-2)18(15)26-3)11-20-19(21)14-5-4-6-17-13(14)7-8-27(17,22)23/h4-10H,11H2,1-3H3,(H,20,21). The van der Waals surface area contributed by atoms with E-state index < -0.39 is 9.84 Å². The predicted molar refractivity (Wildman–Crippen MR) is 99.9 cm³/mol. The summed E-state index contributed by atoms with van der Waals surface area (Å²) in [6.45, 7) is 0.204. The highest BCUT2D eigenvalue weighted by Gasteiger charge is 2.25. The Hall–Kier alpha value is -3.00. The zero-order chi connectivity index (χ0) is 19.6. The van der Waals surface area contributed by atoms with Crippen LogP contribution in [0.25, 0.3) is 6.08 Å². The van der Waals surface area contributed by atoms with Crippen LogP contribution in [0, 0.1) is 0 Å². The Labute approximate surface area is 157 Å². The first-order chi connectivity index (χ1) is 12.9. The van der Waals surface area contributed by atoms with E-state index in [-0.39, 0.29) is 17.3 Å². The normalized spacial score (nSPS) is 13.7. The van der Waals surface area contributed by atoms with Crippen LogP contribution in [0.15, 0.2) is 40.6 Å². The summed E-state index contributed by atoms with van der Waals surface area (Å²) in [6, 6.07) is 8.11. The lowest BCUT2D eigenvalue weighted by Gasteiger charge is -2.15. The second kappa shape index (κ2) is 7.32. The summed E-state index contributed by atoms with van der Waals surface area (Å²) in [4.78, 5) is 12.7. The van der Waals surface area contributed by atoms with Crippen LogP contribution in [0.4, 0.5) is 0 Å². The lowest BCUT2D eigenvalue weighted by molar-refractivity contribution is 0.0950. The van der Waals surface area contributed by atoms with Gasteiger partial charge in [0.1, 0.15) is 0 Å². The van der Waals surface area contributed by atoms with E-state index in [9.17, 15) is 13.2 Å². The van der Waals surface area contributed by atoms with Gasteiger partial charge in [0.15, 0.2) is 21.3 Å². The summed E-state index contributed by atoms with van der Waals surface area (Å²) >= 11 is 0. The molecule has 7 nitrogen and oxygen atoms in total. The number of methoxy groups -OCH3 is 3. The van der Waals surface area contributed by atoms with Crippen molar-refractivity contribution < 1.29 is 27.4 Å². The van der Waals surface area contributed by atoms with E-state index in [4.69, 9.17) is 14.2 Å². The maximum absolute atomic E-state index is 12.6. The minimum atomic E-state index is -3.46. The van der Waals surface area contributed by atoms with Crippen LogP contribution >= 0.6 is 0 Å². The zero-order valence-corrected chi connectivity index (χ0v) is 15.9. The van der Waals surface area contributed by atoms with Crippen LogP contribution < -0.4 is 19.5 Å². The minimum absolute atomic E-state index is 0.142. The molecule has 0 fully saturated rings. The number of hydrogen-bond donors (Lipinski definition) is 1. The first kappa shape index (κ1) is 18.8. The SMILES string of the molecule is COc1cc(CNC(=O)c2cccc3c2C=CS3(=O)=O)cc(OC)c1OC. The van der Waals surface area contributed by atoms with Gasteiger partial charge in [-0.3, -0.25) is 4.79 Å². The van der Waals surface area contributed by atoms with Crippen molar-refractivity contribution in [2.45, 2.75) is 11.4 Å². The number of carbonyl (C=O) groups is 1. The highest BCUT2D eigenvalue weighted by Crippen LogP contribution is 2.38. The first-order valence-electron chi connectivity index (χ1n) is 8.04. The topological polar surface area (TPSA) is 90.9 Å². The number of rotatable bonds is 6. The molecular formula is C19H19NO6S. The Morgan fingerprint density at radius 2 is 1.70 bits per heavy atom. The van der Waals surface area contributed by atoms with Crippen LogP contribution in [0.5, 0.6) is 17.2 Å². The van der Waals surface area contributed by atoms with Gasteiger partial charge in [-0.05, 0) is 35.9 Å². The average molecular weight is 389 g/mol. The molecule has 1 heterocycles. The third-order valence-corrected chi connectivity index (χ3v) is 5.67. The number of nitrogens with one attached hydrogen (secondary N) is 1. The van der Waals surface area contributed by atoms with Gasteiger partial charge < -0.3 is 19.5 Å². The number of hydrogen-bond acceptors (Lipinski definition) is 6. The fourth-order valence-corrected chi connectivity index (χ4v) is 4.12. The fourth-order valence-electron chi connectivity index (χ4n) is 2.91. The molecule has 0 bridgehead atoms. The molecule has 1 amide bonds. The van der Waals surface area contributed by atoms with Gasteiger partial charge in [-0.1, -0.05) is 6.07 Å². The Bertz CT molecular complexity index is 1000. The molecule has 0 aromatic heterocycles. The number of carbonyl (C=O) groups excluding carboxylic acids is 1. The second-order valence-electron chi connectivity index (χ2n) is 5.78. The molecule has 0 saturated carbocycles. The van der Waals surface area contributed by atoms with Gasteiger partial charge in [0.2, 0.25) is 5.75 Å². The Morgan fingerprint density at radius 3 is 2.30 bits per heavy atom. The molecule has 1 N–H and O–H groups in total. The first-order valence-corrected chi connectivity index (χ1v) is 9.59. The maximum Gasteiger partial charge on any atom is 0.252 e. The van der Waals surface area contributed by atoms with Gasteiger partial charge in [0.05, 0.1) is 26.2 Å². The predicted octanol–water partition coefficient (Wildman–Crippen LogP) is 2.40. The largest absolute Gasteiger partial charge is 0.493 e. The van der Waals surface area contributed by atoms with E-state index in [0.717, 1.165) is 11.0 Å². The van der Waals surface area contributed by atoms with Crippen LogP contribution in [-0.4, -0.2) is 35.7 Å². The van der Waals surface area contributed by atoms with Gasteiger partial charge >= 0.3 is 0 Å². The molecule has 0 unspecified atom stereocenters. The zero-order valence-electron chi connectivity index (χ0n) is 15.1. The van der Waals surface area contributed by atoms with Crippen LogP contribution in [0.2, 0.25) is 0 Å². The average Bonchev–Trinajstić information content (AvgIpc) is 3.00. The van der Waals surface area contributed by atoms with Gasteiger partial charge in [-0.25, -0.2) is 8.42 Å². The molecular weight excluding hydrogens is 370 g/mol. The monoisotopic (exact) mass is 389 g/mol. The maximum atomic E-state index is 12.6.